The van der Waals surface area contributed by atoms with Crippen molar-refractivity contribution in [3.05, 3.63) is 58.2 Å². The van der Waals surface area contributed by atoms with E-state index in [4.69, 9.17) is 0 Å². The quantitative estimate of drug-likeness (QED) is 0.198. The van der Waals surface area contributed by atoms with Gasteiger partial charge in [-0.25, -0.2) is 0 Å². The smallest absolute Gasteiger partial charge is 0.243 e. The summed E-state index contributed by atoms with van der Waals surface area (Å²) in [6.07, 6.45) is 20.0. The van der Waals surface area contributed by atoms with Crippen LogP contribution in [0.1, 0.15) is 92.9 Å². The van der Waals surface area contributed by atoms with Crippen LogP contribution in [0.25, 0.3) is 0 Å². The highest BCUT2D eigenvalue weighted by Crippen LogP contribution is 2.14. The second-order valence-electron chi connectivity index (χ2n) is 9.67. The lowest BCUT2D eigenvalue weighted by atomic mass is 10.0. The minimum Gasteiger partial charge on any atom is -0.351 e. The summed E-state index contributed by atoms with van der Waals surface area (Å²) in [5, 5.41) is 2.93. The number of nitrogens with zero attached hydrogens (tertiary/aromatic N) is 1. The van der Waals surface area contributed by atoms with Crippen molar-refractivity contribution in [2.45, 2.75) is 92.9 Å². The van der Waals surface area contributed by atoms with Gasteiger partial charge in [-0.3, -0.25) is 4.79 Å². The fraction of sp³-hybridized carbons (Fsp3) is 0.621. The van der Waals surface area contributed by atoms with E-state index < -0.39 is 0 Å². The van der Waals surface area contributed by atoms with Gasteiger partial charge in [0.05, 0.1) is 0 Å². The highest BCUT2D eigenvalue weighted by Gasteiger charge is 1.99. The predicted molar refractivity (Wildman–Crippen MR) is 143 cm³/mol. The number of rotatable bonds is 16. The van der Waals surface area contributed by atoms with Gasteiger partial charge < -0.3 is 10.2 Å². The molecule has 3 heteroatoms. The minimum absolute atomic E-state index is 0.0172. The van der Waals surface area contributed by atoms with Crippen LogP contribution in [0.2, 0.25) is 0 Å². The molecular formula is C29H50N2O. The lowest BCUT2D eigenvalue weighted by molar-refractivity contribution is -0.116. The highest BCUT2D eigenvalue weighted by molar-refractivity contribution is 5.88. The zero-order chi connectivity index (χ0) is 24.4. The van der Waals surface area contributed by atoms with E-state index in [1.807, 2.05) is 21.0 Å². The standard InChI is InChI=1S/C29H50N2O/c1-24(2)13-9-14-25(3)15-10-16-26(4)17-11-18-27(5)19-12-20-28(6)23-29(32)30-21-22-31(7)8/h13,15,17,19,23H,9-12,14,16,18,20-22H2,1-8H3,(H,30,32)/b25-15+,26-17+,27-19+,28-23+. The van der Waals surface area contributed by atoms with Gasteiger partial charge in [0, 0.05) is 19.2 Å². The van der Waals surface area contributed by atoms with Gasteiger partial charge >= 0.3 is 0 Å². The maximum atomic E-state index is 11.9. The van der Waals surface area contributed by atoms with Gasteiger partial charge in [-0.05, 0) is 107 Å². The van der Waals surface area contributed by atoms with Crippen molar-refractivity contribution in [2.75, 3.05) is 27.2 Å². The monoisotopic (exact) mass is 442 g/mol. The minimum atomic E-state index is 0.0172. The van der Waals surface area contributed by atoms with E-state index in [0.717, 1.165) is 57.1 Å². The van der Waals surface area contributed by atoms with Gasteiger partial charge in [0.1, 0.15) is 0 Å². The van der Waals surface area contributed by atoms with Crippen LogP contribution in [-0.4, -0.2) is 38.0 Å². The number of nitrogens with one attached hydrogen (secondary N) is 1. The number of amides is 1. The maximum Gasteiger partial charge on any atom is 0.243 e. The first kappa shape index (κ1) is 30.1. The normalized spacial score (nSPS) is 13.5. The zero-order valence-corrected chi connectivity index (χ0v) is 22.3. The van der Waals surface area contributed by atoms with Crippen molar-refractivity contribution in [1.29, 1.82) is 0 Å². The van der Waals surface area contributed by atoms with Crippen LogP contribution >= 0.6 is 0 Å². The molecule has 0 spiro atoms. The number of allylic oxidation sites excluding steroid dienone is 9. The molecule has 0 aliphatic carbocycles. The Morgan fingerprint density at radius 2 is 1.06 bits per heavy atom. The van der Waals surface area contributed by atoms with Gasteiger partial charge in [0.15, 0.2) is 0 Å². The van der Waals surface area contributed by atoms with Crippen molar-refractivity contribution < 1.29 is 4.79 Å². The molecule has 0 fully saturated rings. The summed E-state index contributed by atoms with van der Waals surface area (Å²) in [6.45, 7) is 14.6. The molecule has 0 aliphatic heterocycles. The Hall–Kier alpha value is -1.87. The van der Waals surface area contributed by atoms with Crippen LogP contribution in [0.15, 0.2) is 58.2 Å². The fourth-order valence-corrected chi connectivity index (χ4v) is 3.28. The zero-order valence-electron chi connectivity index (χ0n) is 22.3. The Morgan fingerprint density at radius 1 is 0.656 bits per heavy atom. The van der Waals surface area contributed by atoms with E-state index in [9.17, 15) is 4.79 Å². The first-order valence-corrected chi connectivity index (χ1v) is 12.3. The van der Waals surface area contributed by atoms with Crippen LogP contribution in [0, 0.1) is 0 Å². The Kier molecular flexibility index (Phi) is 17.6. The topological polar surface area (TPSA) is 32.3 Å². The summed E-state index contributed by atoms with van der Waals surface area (Å²) in [5.74, 6) is 0.0172. The summed E-state index contributed by atoms with van der Waals surface area (Å²) in [7, 11) is 4.01. The Balaban J connectivity index is 4.13. The molecule has 3 nitrogen and oxygen atoms in total. The molecule has 0 heterocycles. The molecule has 0 bridgehead atoms. The summed E-state index contributed by atoms with van der Waals surface area (Å²) in [5.41, 5.74) is 6.98. The number of carbonyl (C=O) groups excluding carboxylic acids is 1. The Morgan fingerprint density at radius 3 is 1.47 bits per heavy atom. The SMILES string of the molecule is CC(C)=CCC/C(C)=C/CC/C(C)=C/CC/C(C)=C/CC/C(C)=C/C(=O)NCCN(C)C. The van der Waals surface area contributed by atoms with Gasteiger partial charge in [0.25, 0.3) is 0 Å². The van der Waals surface area contributed by atoms with Crippen LogP contribution in [0.3, 0.4) is 0 Å². The summed E-state index contributed by atoms with van der Waals surface area (Å²) >= 11 is 0. The molecule has 0 saturated carbocycles. The van der Waals surface area contributed by atoms with E-state index >= 15 is 0 Å². The molecule has 0 aromatic carbocycles. The average Bonchev–Trinajstić information content (AvgIpc) is 2.67. The number of hydrogen-bond acceptors (Lipinski definition) is 2. The molecule has 0 aromatic heterocycles. The number of carbonyl (C=O) groups is 1. The van der Waals surface area contributed by atoms with Gasteiger partial charge in [-0.1, -0.05) is 52.2 Å². The van der Waals surface area contributed by atoms with E-state index in [1.165, 1.54) is 28.7 Å². The van der Waals surface area contributed by atoms with Gasteiger partial charge in [-0.15, -0.1) is 0 Å². The van der Waals surface area contributed by atoms with E-state index in [0.29, 0.717) is 6.54 Å². The number of likely N-dealkylation sites (N-methyl/N-ethyl adjacent to an activating group) is 1. The molecule has 0 radical (unpaired) electrons. The maximum absolute atomic E-state index is 11.9. The van der Waals surface area contributed by atoms with Crippen LogP contribution in [-0.2, 0) is 4.79 Å². The molecule has 182 valence electrons. The molecule has 0 rings (SSSR count). The first-order chi connectivity index (χ1) is 15.1. The second-order valence-corrected chi connectivity index (χ2v) is 9.67. The molecule has 0 saturated heterocycles. The molecule has 0 atom stereocenters. The van der Waals surface area contributed by atoms with Crippen molar-refractivity contribution in [1.82, 2.24) is 10.2 Å². The largest absolute Gasteiger partial charge is 0.351 e. The molecule has 1 N–H and O–H groups in total. The fourth-order valence-electron chi connectivity index (χ4n) is 3.28. The molecular weight excluding hydrogens is 392 g/mol. The van der Waals surface area contributed by atoms with Crippen LogP contribution in [0.5, 0.6) is 0 Å². The molecule has 0 aliphatic rings. The third-order valence-corrected chi connectivity index (χ3v) is 5.42. The van der Waals surface area contributed by atoms with Gasteiger partial charge in [-0.2, -0.15) is 0 Å². The molecule has 0 unspecified atom stereocenters. The third-order valence-electron chi connectivity index (χ3n) is 5.42. The van der Waals surface area contributed by atoms with E-state index in [2.05, 4.69) is 69.1 Å². The van der Waals surface area contributed by atoms with Crippen molar-refractivity contribution in [2.24, 2.45) is 0 Å². The average molecular weight is 443 g/mol. The van der Waals surface area contributed by atoms with E-state index in [1.54, 1.807) is 6.08 Å². The van der Waals surface area contributed by atoms with Crippen molar-refractivity contribution in [3.8, 4) is 0 Å². The third kappa shape index (κ3) is 20.1. The molecule has 32 heavy (non-hydrogen) atoms. The lowest BCUT2D eigenvalue weighted by Crippen LogP contribution is -2.30. The lowest BCUT2D eigenvalue weighted by Gasteiger charge is -2.09. The Bertz CT molecular complexity index is 686. The Labute approximate surface area is 199 Å². The van der Waals surface area contributed by atoms with E-state index in [-0.39, 0.29) is 5.91 Å². The highest BCUT2D eigenvalue weighted by atomic mass is 16.1. The van der Waals surface area contributed by atoms with Crippen LogP contribution in [0.4, 0.5) is 0 Å². The van der Waals surface area contributed by atoms with Gasteiger partial charge in [0.2, 0.25) is 5.91 Å². The molecule has 1 amide bonds. The summed E-state index contributed by atoms with van der Waals surface area (Å²) < 4.78 is 0. The van der Waals surface area contributed by atoms with Crippen molar-refractivity contribution in [3.63, 3.8) is 0 Å². The van der Waals surface area contributed by atoms with Crippen molar-refractivity contribution >= 4 is 5.91 Å². The predicted octanol–water partition coefficient (Wildman–Crippen LogP) is 7.54. The summed E-state index contributed by atoms with van der Waals surface area (Å²) in [4.78, 5) is 13.9. The summed E-state index contributed by atoms with van der Waals surface area (Å²) in [6, 6.07) is 0. The first-order valence-electron chi connectivity index (χ1n) is 12.3. The second kappa shape index (κ2) is 18.7. The number of hydrogen-bond donors (Lipinski definition) is 1. The van der Waals surface area contributed by atoms with Crippen LogP contribution < -0.4 is 5.32 Å². The molecule has 0 aromatic rings.